The average molecular weight is 372 g/mol. The largest absolute Gasteiger partial charge is 0.325 e. The number of thioether (sulfide) groups is 1. The molecule has 1 unspecified atom stereocenters. The van der Waals surface area contributed by atoms with Crippen molar-refractivity contribution in [2.24, 2.45) is 5.92 Å². The van der Waals surface area contributed by atoms with Crippen molar-refractivity contribution in [1.82, 2.24) is 10.2 Å². The van der Waals surface area contributed by atoms with Crippen LogP contribution in [0.2, 0.25) is 0 Å². The van der Waals surface area contributed by atoms with Gasteiger partial charge in [-0.3, -0.25) is 14.5 Å². The molecule has 26 heavy (non-hydrogen) atoms. The van der Waals surface area contributed by atoms with E-state index in [1.807, 2.05) is 12.1 Å². The van der Waals surface area contributed by atoms with E-state index in [-0.39, 0.29) is 18.4 Å². The SMILES string of the molecule is CC1(C2CC2)NC(=O)N(CC(=O)Nc2ccccc2SCCC#N)C1=O. The molecule has 0 radical (unpaired) electrons. The summed E-state index contributed by atoms with van der Waals surface area (Å²) in [6, 6.07) is 8.82. The van der Waals surface area contributed by atoms with E-state index in [9.17, 15) is 14.4 Å². The summed E-state index contributed by atoms with van der Waals surface area (Å²) in [5, 5.41) is 14.1. The van der Waals surface area contributed by atoms with Gasteiger partial charge in [-0.15, -0.1) is 11.8 Å². The monoisotopic (exact) mass is 372 g/mol. The highest BCUT2D eigenvalue weighted by Crippen LogP contribution is 2.42. The minimum Gasteiger partial charge on any atom is -0.324 e. The maximum atomic E-state index is 12.6. The predicted molar refractivity (Wildman–Crippen MR) is 97.4 cm³/mol. The number of carbonyl (C=O) groups excluding carboxylic acids is 3. The van der Waals surface area contributed by atoms with Crippen LogP contribution in [0.1, 0.15) is 26.2 Å². The molecule has 1 aliphatic heterocycles. The van der Waals surface area contributed by atoms with Crippen molar-refractivity contribution in [3.05, 3.63) is 24.3 Å². The smallest absolute Gasteiger partial charge is 0.324 e. The number of para-hydroxylation sites is 1. The van der Waals surface area contributed by atoms with E-state index < -0.39 is 17.5 Å². The number of urea groups is 1. The number of nitrogens with one attached hydrogen (secondary N) is 2. The number of anilines is 1. The minimum atomic E-state index is -0.886. The number of rotatable bonds is 7. The molecule has 1 aliphatic carbocycles. The van der Waals surface area contributed by atoms with Crippen LogP contribution in [-0.4, -0.2) is 40.6 Å². The second-order valence-electron chi connectivity index (χ2n) is 6.60. The number of nitrogens with zero attached hydrogens (tertiary/aromatic N) is 2. The molecule has 1 saturated heterocycles. The Balaban J connectivity index is 1.64. The highest BCUT2D eigenvalue weighted by atomic mass is 32.2. The Morgan fingerprint density at radius 1 is 1.42 bits per heavy atom. The fourth-order valence-electron chi connectivity index (χ4n) is 3.03. The Hall–Kier alpha value is -2.53. The molecule has 7 nitrogen and oxygen atoms in total. The van der Waals surface area contributed by atoms with Gasteiger partial charge in [0.05, 0.1) is 11.8 Å². The maximum absolute atomic E-state index is 12.6. The molecule has 0 aromatic heterocycles. The van der Waals surface area contributed by atoms with Gasteiger partial charge in [0.25, 0.3) is 5.91 Å². The lowest BCUT2D eigenvalue weighted by Crippen LogP contribution is -2.46. The van der Waals surface area contributed by atoms with Gasteiger partial charge in [0, 0.05) is 17.1 Å². The number of hydrogen-bond acceptors (Lipinski definition) is 5. The lowest BCUT2D eigenvalue weighted by Gasteiger charge is -2.20. The van der Waals surface area contributed by atoms with Gasteiger partial charge >= 0.3 is 6.03 Å². The zero-order valence-electron chi connectivity index (χ0n) is 14.4. The number of imide groups is 1. The van der Waals surface area contributed by atoms with Crippen molar-refractivity contribution in [1.29, 1.82) is 5.26 Å². The standard InChI is InChI=1S/C18H20N4O3S/c1-18(12-7-8-12)16(24)22(17(25)21-18)11-15(23)20-13-5-2-3-6-14(13)26-10-4-9-19/h2-3,5-6,12H,4,7-8,10-11H2,1H3,(H,20,23)(H,21,25). The van der Waals surface area contributed by atoms with E-state index >= 15 is 0 Å². The van der Waals surface area contributed by atoms with Crippen LogP contribution in [0.15, 0.2) is 29.2 Å². The molecule has 0 bridgehead atoms. The third-order valence-corrected chi connectivity index (χ3v) is 5.70. The van der Waals surface area contributed by atoms with E-state index in [1.165, 1.54) is 11.8 Å². The first-order valence-corrected chi connectivity index (χ1v) is 9.47. The zero-order valence-corrected chi connectivity index (χ0v) is 15.3. The number of amides is 4. The third kappa shape index (κ3) is 3.68. The van der Waals surface area contributed by atoms with Crippen LogP contribution in [0.3, 0.4) is 0 Å². The highest BCUT2D eigenvalue weighted by molar-refractivity contribution is 7.99. The lowest BCUT2D eigenvalue weighted by molar-refractivity contribution is -0.134. The highest BCUT2D eigenvalue weighted by Gasteiger charge is 2.56. The summed E-state index contributed by atoms with van der Waals surface area (Å²) < 4.78 is 0. The van der Waals surface area contributed by atoms with E-state index in [2.05, 4.69) is 16.7 Å². The molecule has 1 aromatic carbocycles. The predicted octanol–water partition coefficient (Wildman–Crippen LogP) is 2.35. The van der Waals surface area contributed by atoms with Crippen molar-refractivity contribution in [3.63, 3.8) is 0 Å². The summed E-state index contributed by atoms with van der Waals surface area (Å²) >= 11 is 1.47. The van der Waals surface area contributed by atoms with E-state index in [0.29, 0.717) is 17.9 Å². The Kier molecular flexibility index (Phi) is 5.18. The summed E-state index contributed by atoms with van der Waals surface area (Å²) in [6.07, 6.45) is 2.24. The Morgan fingerprint density at radius 3 is 2.85 bits per heavy atom. The Morgan fingerprint density at radius 2 is 2.15 bits per heavy atom. The zero-order chi connectivity index (χ0) is 18.7. The van der Waals surface area contributed by atoms with Crippen LogP contribution in [0.5, 0.6) is 0 Å². The summed E-state index contributed by atoms with van der Waals surface area (Å²) in [4.78, 5) is 38.9. The number of nitriles is 1. The quantitative estimate of drug-likeness (QED) is 0.434. The van der Waals surface area contributed by atoms with Gasteiger partial charge in [-0.2, -0.15) is 5.26 Å². The minimum absolute atomic E-state index is 0.157. The fourth-order valence-corrected chi connectivity index (χ4v) is 3.90. The molecule has 4 amide bonds. The van der Waals surface area contributed by atoms with Crippen molar-refractivity contribution in [2.75, 3.05) is 17.6 Å². The molecule has 0 spiro atoms. The Labute approximate surface area is 156 Å². The van der Waals surface area contributed by atoms with Gasteiger partial charge in [-0.1, -0.05) is 12.1 Å². The van der Waals surface area contributed by atoms with E-state index in [4.69, 9.17) is 5.26 Å². The van der Waals surface area contributed by atoms with Crippen molar-refractivity contribution in [2.45, 2.75) is 36.6 Å². The van der Waals surface area contributed by atoms with Gasteiger partial charge in [0.2, 0.25) is 5.91 Å². The van der Waals surface area contributed by atoms with Crippen LogP contribution in [0.4, 0.5) is 10.5 Å². The first-order chi connectivity index (χ1) is 12.5. The second-order valence-corrected chi connectivity index (χ2v) is 7.74. The summed E-state index contributed by atoms with van der Waals surface area (Å²) in [5.74, 6) is 0.0128. The van der Waals surface area contributed by atoms with Crippen molar-refractivity contribution in [3.8, 4) is 6.07 Å². The molecule has 1 aromatic rings. The van der Waals surface area contributed by atoms with Crippen LogP contribution in [0.25, 0.3) is 0 Å². The van der Waals surface area contributed by atoms with Gasteiger partial charge in [-0.25, -0.2) is 4.79 Å². The molecule has 1 saturated carbocycles. The van der Waals surface area contributed by atoms with Crippen molar-refractivity contribution >= 4 is 35.3 Å². The molecule has 2 N–H and O–H groups in total. The molecule has 1 heterocycles. The van der Waals surface area contributed by atoms with E-state index in [0.717, 1.165) is 22.6 Å². The topological polar surface area (TPSA) is 102 Å². The number of hydrogen-bond donors (Lipinski definition) is 2. The first-order valence-electron chi connectivity index (χ1n) is 8.48. The van der Waals surface area contributed by atoms with Crippen LogP contribution < -0.4 is 10.6 Å². The molecule has 1 atom stereocenters. The molecular weight excluding hydrogens is 352 g/mol. The van der Waals surface area contributed by atoms with Gasteiger partial charge < -0.3 is 10.6 Å². The fraction of sp³-hybridized carbons (Fsp3) is 0.444. The van der Waals surface area contributed by atoms with Crippen molar-refractivity contribution < 1.29 is 14.4 Å². The summed E-state index contributed by atoms with van der Waals surface area (Å²) in [7, 11) is 0. The number of benzene rings is 1. The number of carbonyl (C=O) groups is 3. The molecular formula is C18H20N4O3S. The average Bonchev–Trinajstić information content (AvgIpc) is 3.43. The Bertz CT molecular complexity index is 787. The van der Waals surface area contributed by atoms with Gasteiger partial charge in [0.1, 0.15) is 12.1 Å². The summed E-state index contributed by atoms with van der Waals surface area (Å²) in [5.41, 5.74) is -0.278. The molecule has 2 fully saturated rings. The molecule has 8 heteroatoms. The molecule has 136 valence electrons. The van der Waals surface area contributed by atoms with Gasteiger partial charge in [-0.05, 0) is 37.8 Å². The second kappa shape index (κ2) is 7.38. The first kappa shape index (κ1) is 18.3. The van der Waals surface area contributed by atoms with Crippen LogP contribution in [-0.2, 0) is 9.59 Å². The normalized spacial score (nSPS) is 22.1. The summed E-state index contributed by atoms with van der Waals surface area (Å²) in [6.45, 7) is 1.41. The van der Waals surface area contributed by atoms with E-state index in [1.54, 1.807) is 19.1 Å². The molecule has 2 aliphatic rings. The third-order valence-electron chi connectivity index (χ3n) is 4.63. The molecule has 3 rings (SSSR count). The van der Waals surface area contributed by atoms with Gasteiger partial charge in [0.15, 0.2) is 0 Å². The maximum Gasteiger partial charge on any atom is 0.325 e. The van der Waals surface area contributed by atoms with Crippen LogP contribution in [0, 0.1) is 17.2 Å². The lowest BCUT2D eigenvalue weighted by atomic mass is 9.96. The van der Waals surface area contributed by atoms with Crippen LogP contribution >= 0.6 is 11.8 Å².